The van der Waals surface area contributed by atoms with Crippen LogP contribution in [-0.2, 0) is 13.0 Å². The van der Waals surface area contributed by atoms with Crippen molar-refractivity contribution >= 4 is 0 Å². The second kappa shape index (κ2) is 6.63. The van der Waals surface area contributed by atoms with Gasteiger partial charge in [0.25, 0.3) is 0 Å². The largest absolute Gasteiger partial charge is 0.315 e. The number of nitrogens with zero attached hydrogens (tertiary/aromatic N) is 3. The summed E-state index contributed by atoms with van der Waals surface area (Å²) in [5, 5.41) is 7.63. The van der Waals surface area contributed by atoms with Gasteiger partial charge >= 0.3 is 0 Å². The van der Waals surface area contributed by atoms with Crippen LogP contribution in [0.4, 0.5) is 0 Å². The third-order valence-corrected chi connectivity index (χ3v) is 2.83. The number of rotatable bonds is 7. The second-order valence-electron chi connectivity index (χ2n) is 4.50. The van der Waals surface area contributed by atoms with E-state index in [0.717, 1.165) is 25.3 Å². The standard InChI is InChI=1S/C12H24N4/c1-5-13-11(4)7-10(3)8-12-14-9-15-16(12)6-2/h9-11,13H,5-8H2,1-4H3. The predicted molar refractivity (Wildman–Crippen MR) is 66.3 cm³/mol. The first-order valence-corrected chi connectivity index (χ1v) is 6.27. The van der Waals surface area contributed by atoms with Crippen LogP contribution >= 0.6 is 0 Å². The van der Waals surface area contributed by atoms with E-state index in [4.69, 9.17) is 0 Å². The van der Waals surface area contributed by atoms with Crippen molar-refractivity contribution in [2.75, 3.05) is 6.54 Å². The predicted octanol–water partition coefficient (Wildman–Crippen LogP) is 1.86. The molecule has 1 rings (SSSR count). The molecule has 16 heavy (non-hydrogen) atoms. The topological polar surface area (TPSA) is 42.7 Å². The van der Waals surface area contributed by atoms with E-state index in [9.17, 15) is 0 Å². The van der Waals surface area contributed by atoms with Gasteiger partial charge < -0.3 is 5.32 Å². The maximum absolute atomic E-state index is 4.31. The van der Waals surface area contributed by atoms with Crippen LogP contribution in [0.1, 0.15) is 39.9 Å². The number of hydrogen-bond donors (Lipinski definition) is 1. The fraction of sp³-hybridized carbons (Fsp3) is 0.833. The van der Waals surface area contributed by atoms with Gasteiger partial charge in [-0.15, -0.1) is 0 Å². The number of hydrogen-bond acceptors (Lipinski definition) is 3. The SMILES string of the molecule is CCNC(C)CC(C)Cc1ncnn1CC. The Bertz CT molecular complexity index is 295. The van der Waals surface area contributed by atoms with Crippen molar-refractivity contribution in [3.8, 4) is 0 Å². The van der Waals surface area contributed by atoms with Crippen LogP contribution in [0.2, 0.25) is 0 Å². The molecule has 1 aromatic heterocycles. The molecule has 92 valence electrons. The first-order valence-electron chi connectivity index (χ1n) is 6.27. The summed E-state index contributed by atoms with van der Waals surface area (Å²) >= 11 is 0. The molecule has 0 aliphatic carbocycles. The van der Waals surface area contributed by atoms with Crippen LogP contribution in [0, 0.1) is 5.92 Å². The third-order valence-electron chi connectivity index (χ3n) is 2.83. The Kier molecular flexibility index (Phi) is 5.46. The molecular weight excluding hydrogens is 200 g/mol. The molecule has 4 nitrogen and oxygen atoms in total. The molecule has 1 heterocycles. The van der Waals surface area contributed by atoms with Gasteiger partial charge in [-0.05, 0) is 32.7 Å². The molecule has 1 aromatic rings. The van der Waals surface area contributed by atoms with Gasteiger partial charge in [0.2, 0.25) is 0 Å². The van der Waals surface area contributed by atoms with Crippen molar-refractivity contribution in [1.29, 1.82) is 0 Å². The molecule has 0 bridgehead atoms. The molecule has 0 aromatic carbocycles. The summed E-state index contributed by atoms with van der Waals surface area (Å²) in [5.41, 5.74) is 0. The monoisotopic (exact) mass is 224 g/mol. The highest BCUT2D eigenvalue weighted by Crippen LogP contribution is 2.11. The molecule has 0 saturated carbocycles. The highest BCUT2D eigenvalue weighted by Gasteiger charge is 2.11. The summed E-state index contributed by atoms with van der Waals surface area (Å²) in [5.74, 6) is 1.75. The van der Waals surface area contributed by atoms with E-state index in [1.54, 1.807) is 6.33 Å². The Labute approximate surface area is 98.5 Å². The minimum atomic E-state index is 0.581. The lowest BCUT2D eigenvalue weighted by Gasteiger charge is -2.17. The van der Waals surface area contributed by atoms with Crippen LogP contribution in [0.15, 0.2) is 6.33 Å². The summed E-state index contributed by atoms with van der Waals surface area (Å²) in [7, 11) is 0. The van der Waals surface area contributed by atoms with Gasteiger partial charge in [0, 0.05) is 19.0 Å². The highest BCUT2D eigenvalue weighted by molar-refractivity contribution is 4.87. The summed E-state index contributed by atoms with van der Waals surface area (Å²) < 4.78 is 1.98. The zero-order valence-electron chi connectivity index (χ0n) is 10.9. The molecule has 0 aliphatic rings. The van der Waals surface area contributed by atoms with Gasteiger partial charge in [-0.1, -0.05) is 13.8 Å². The van der Waals surface area contributed by atoms with Gasteiger partial charge in [0.15, 0.2) is 0 Å². The number of aryl methyl sites for hydroxylation is 1. The van der Waals surface area contributed by atoms with E-state index >= 15 is 0 Å². The smallest absolute Gasteiger partial charge is 0.138 e. The van der Waals surface area contributed by atoms with Gasteiger partial charge in [0.05, 0.1) is 0 Å². The maximum atomic E-state index is 4.31. The Hall–Kier alpha value is -0.900. The summed E-state index contributed by atoms with van der Waals surface area (Å²) in [6.07, 6.45) is 3.85. The molecule has 0 amide bonds. The second-order valence-corrected chi connectivity index (χ2v) is 4.50. The van der Waals surface area contributed by atoms with Crippen LogP contribution in [-0.4, -0.2) is 27.4 Å². The van der Waals surface area contributed by atoms with Gasteiger partial charge in [-0.25, -0.2) is 4.98 Å². The van der Waals surface area contributed by atoms with Crippen molar-refractivity contribution < 1.29 is 0 Å². The molecule has 0 saturated heterocycles. The van der Waals surface area contributed by atoms with E-state index in [0.29, 0.717) is 12.0 Å². The third kappa shape index (κ3) is 3.93. The molecule has 0 spiro atoms. The maximum Gasteiger partial charge on any atom is 0.138 e. The quantitative estimate of drug-likeness (QED) is 0.769. The van der Waals surface area contributed by atoms with E-state index in [1.807, 2.05) is 4.68 Å². The van der Waals surface area contributed by atoms with Crippen LogP contribution in [0.5, 0.6) is 0 Å². The van der Waals surface area contributed by atoms with Crippen LogP contribution in [0.25, 0.3) is 0 Å². The lowest BCUT2D eigenvalue weighted by molar-refractivity contribution is 0.413. The minimum absolute atomic E-state index is 0.581. The summed E-state index contributed by atoms with van der Waals surface area (Å²) in [6.45, 7) is 10.7. The normalized spacial score (nSPS) is 15.0. The first-order chi connectivity index (χ1) is 7.67. The van der Waals surface area contributed by atoms with Gasteiger partial charge in [-0.3, -0.25) is 4.68 Å². The van der Waals surface area contributed by atoms with Crippen molar-refractivity contribution in [1.82, 2.24) is 20.1 Å². The first kappa shape index (κ1) is 13.2. The minimum Gasteiger partial charge on any atom is -0.315 e. The van der Waals surface area contributed by atoms with E-state index in [-0.39, 0.29) is 0 Å². The van der Waals surface area contributed by atoms with E-state index in [1.165, 1.54) is 6.42 Å². The number of nitrogens with one attached hydrogen (secondary N) is 1. The lowest BCUT2D eigenvalue weighted by Crippen LogP contribution is -2.28. The molecule has 4 heteroatoms. The van der Waals surface area contributed by atoms with E-state index in [2.05, 4.69) is 43.1 Å². The fourth-order valence-corrected chi connectivity index (χ4v) is 2.14. The molecule has 1 N–H and O–H groups in total. The van der Waals surface area contributed by atoms with Crippen LogP contribution in [0.3, 0.4) is 0 Å². The average Bonchev–Trinajstić information content (AvgIpc) is 2.65. The molecule has 2 unspecified atom stereocenters. The van der Waals surface area contributed by atoms with Crippen molar-refractivity contribution in [3.63, 3.8) is 0 Å². The van der Waals surface area contributed by atoms with E-state index < -0.39 is 0 Å². The molecule has 0 radical (unpaired) electrons. The Morgan fingerprint density at radius 1 is 1.38 bits per heavy atom. The summed E-state index contributed by atoms with van der Waals surface area (Å²) in [6, 6.07) is 0.581. The zero-order valence-corrected chi connectivity index (χ0v) is 10.9. The Morgan fingerprint density at radius 3 is 2.75 bits per heavy atom. The summed E-state index contributed by atoms with van der Waals surface area (Å²) in [4.78, 5) is 4.31. The molecule has 2 atom stereocenters. The lowest BCUT2D eigenvalue weighted by atomic mass is 9.99. The van der Waals surface area contributed by atoms with Crippen molar-refractivity contribution in [2.45, 2.75) is 53.1 Å². The van der Waals surface area contributed by atoms with Crippen LogP contribution < -0.4 is 5.32 Å². The molecule has 0 fully saturated rings. The number of aromatic nitrogens is 3. The average molecular weight is 224 g/mol. The molecular formula is C12H24N4. The van der Waals surface area contributed by atoms with Gasteiger partial charge in [0.1, 0.15) is 12.2 Å². The fourth-order valence-electron chi connectivity index (χ4n) is 2.14. The molecule has 0 aliphatic heterocycles. The van der Waals surface area contributed by atoms with Gasteiger partial charge in [-0.2, -0.15) is 5.10 Å². The highest BCUT2D eigenvalue weighted by atomic mass is 15.3. The van der Waals surface area contributed by atoms with Crippen molar-refractivity contribution in [2.24, 2.45) is 5.92 Å². The van der Waals surface area contributed by atoms with Crippen molar-refractivity contribution in [3.05, 3.63) is 12.2 Å². The zero-order chi connectivity index (χ0) is 12.0. The Balaban J connectivity index is 2.42. The Morgan fingerprint density at radius 2 is 2.12 bits per heavy atom.